The first-order chi connectivity index (χ1) is 7.15. The van der Waals surface area contributed by atoms with E-state index in [0.717, 1.165) is 18.7 Å². The molecule has 0 radical (unpaired) electrons. The molecule has 1 amide bonds. The molecule has 2 N–H and O–H groups in total. The number of nitrogens with one attached hydrogen (secondary N) is 2. The average Bonchev–Trinajstić information content (AvgIpc) is 2.90. The predicted molar refractivity (Wildman–Crippen MR) is 58.9 cm³/mol. The van der Waals surface area contributed by atoms with Gasteiger partial charge in [0.2, 0.25) is 11.0 Å². The molecule has 1 aliphatic carbocycles. The molecule has 1 fully saturated rings. The van der Waals surface area contributed by atoms with Crippen molar-refractivity contribution < 1.29 is 4.79 Å². The summed E-state index contributed by atoms with van der Waals surface area (Å²) in [6.07, 6.45) is 2.22. The van der Waals surface area contributed by atoms with Gasteiger partial charge in [-0.2, -0.15) is 4.37 Å². The molecule has 0 bridgehead atoms. The number of carbonyl (C=O) groups excluding carboxylic acids is 1. The van der Waals surface area contributed by atoms with Crippen LogP contribution in [0, 0.1) is 6.92 Å². The normalized spacial score (nSPS) is 17.2. The molecular formula is C9H14N4OS. The first kappa shape index (κ1) is 10.4. The van der Waals surface area contributed by atoms with E-state index in [1.54, 1.807) is 0 Å². The van der Waals surface area contributed by atoms with Crippen molar-refractivity contribution in [2.75, 3.05) is 5.32 Å². The monoisotopic (exact) mass is 226 g/mol. The number of carbonyl (C=O) groups is 1. The van der Waals surface area contributed by atoms with Crippen LogP contribution < -0.4 is 10.6 Å². The van der Waals surface area contributed by atoms with Gasteiger partial charge in [0.05, 0.1) is 0 Å². The van der Waals surface area contributed by atoms with Crippen molar-refractivity contribution in [3.63, 3.8) is 0 Å². The van der Waals surface area contributed by atoms with E-state index >= 15 is 0 Å². The highest BCUT2D eigenvalue weighted by atomic mass is 32.1. The highest BCUT2D eigenvalue weighted by Gasteiger charge is 2.25. The summed E-state index contributed by atoms with van der Waals surface area (Å²) in [4.78, 5) is 15.7. The van der Waals surface area contributed by atoms with E-state index in [1.165, 1.54) is 11.5 Å². The third-order valence-corrected chi connectivity index (χ3v) is 2.92. The van der Waals surface area contributed by atoms with Gasteiger partial charge < -0.3 is 10.6 Å². The van der Waals surface area contributed by atoms with Gasteiger partial charge in [-0.15, -0.1) is 0 Å². The SMILES string of the molecule is Cc1nsc(NC(C)C(=O)NC2CC2)n1. The van der Waals surface area contributed by atoms with Crippen LogP contribution in [0.15, 0.2) is 0 Å². The Bertz CT molecular complexity index is 361. The summed E-state index contributed by atoms with van der Waals surface area (Å²) in [5.41, 5.74) is 0. The second kappa shape index (κ2) is 4.14. The molecule has 0 spiro atoms. The van der Waals surface area contributed by atoms with E-state index in [1.807, 2.05) is 13.8 Å². The van der Waals surface area contributed by atoms with Crippen LogP contribution in [0.2, 0.25) is 0 Å². The van der Waals surface area contributed by atoms with E-state index < -0.39 is 0 Å². The van der Waals surface area contributed by atoms with E-state index in [0.29, 0.717) is 11.2 Å². The van der Waals surface area contributed by atoms with Crippen LogP contribution in [-0.2, 0) is 4.79 Å². The number of rotatable bonds is 4. The Morgan fingerprint density at radius 1 is 1.60 bits per heavy atom. The van der Waals surface area contributed by atoms with Gasteiger partial charge in [-0.3, -0.25) is 4.79 Å². The molecule has 6 heteroatoms. The quantitative estimate of drug-likeness (QED) is 0.801. The second-order valence-corrected chi connectivity index (χ2v) is 4.55. The fourth-order valence-electron chi connectivity index (χ4n) is 1.16. The minimum Gasteiger partial charge on any atom is -0.352 e. The number of aryl methyl sites for hydroxylation is 1. The van der Waals surface area contributed by atoms with Crippen LogP contribution in [0.4, 0.5) is 5.13 Å². The van der Waals surface area contributed by atoms with E-state index in [-0.39, 0.29) is 11.9 Å². The molecule has 0 aliphatic heterocycles. The maximum Gasteiger partial charge on any atom is 0.242 e. The van der Waals surface area contributed by atoms with Crippen LogP contribution in [0.25, 0.3) is 0 Å². The zero-order chi connectivity index (χ0) is 10.8. The summed E-state index contributed by atoms with van der Waals surface area (Å²) in [5.74, 6) is 0.766. The standard InChI is InChI=1S/C9H14N4OS/c1-5(8(14)12-7-3-4-7)10-9-11-6(2)13-15-9/h5,7H,3-4H2,1-2H3,(H,12,14)(H,10,11,13). The Morgan fingerprint density at radius 3 is 2.87 bits per heavy atom. The van der Waals surface area contributed by atoms with Gasteiger partial charge in [0.1, 0.15) is 11.9 Å². The molecule has 1 aromatic heterocycles. The zero-order valence-corrected chi connectivity index (χ0v) is 9.60. The maximum atomic E-state index is 11.6. The fraction of sp³-hybridized carbons (Fsp3) is 0.667. The Labute approximate surface area is 92.5 Å². The smallest absolute Gasteiger partial charge is 0.242 e. The Kier molecular flexibility index (Phi) is 2.86. The van der Waals surface area contributed by atoms with E-state index in [9.17, 15) is 4.79 Å². The van der Waals surface area contributed by atoms with Crippen LogP contribution >= 0.6 is 11.5 Å². The summed E-state index contributed by atoms with van der Waals surface area (Å²) in [7, 11) is 0. The lowest BCUT2D eigenvalue weighted by atomic mass is 10.3. The third-order valence-electron chi connectivity index (χ3n) is 2.18. The number of nitrogens with zero attached hydrogens (tertiary/aromatic N) is 2. The Morgan fingerprint density at radius 2 is 2.33 bits per heavy atom. The summed E-state index contributed by atoms with van der Waals surface area (Å²) in [6, 6.07) is 0.149. The first-order valence-electron chi connectivity index (χ1n) is 5.02. The molecule has 1 saturated carbocycles. The third kappa shape index (κ3) is 2.89. The zero-order valence-electron chi connectivity index (χ0n) is 8.78. The number of hydrogen-bond acceptors (Lipinski definition) is 5. The number of hydrogen-bond donors (Lipinski definition) is 2. The lowest BCUT2D eigenvalue weighted by Gasteiger charge is -2.11. The van der Waals surface area contributed by atoms with Gasteiger partial charge in [-0.05, 0) is 26.7 Å². The molecule has 5 nitrogen and oxygen atoms in total. The van der Waals surface area contributed by atoms with Gasteiger partial charge in [0.15, 0.2) is 0 Å². The lowest BCUT2D eigenvalue weighted by molar-refractivity contribution is -0.121. The molecule has 82 valence electrons. The van der Waals surface area contributed by atoms with Gasteiger partial charge in [0.25, 0.3) is 0 Å². The number of anilines is 1. The largest absolute Gasteiger partial charge is 0.352 e. The molecule has 0 saturated heterocycles. The Balaban J connectivity index is 1.84. The van der Waals surface area contributed by atoms with E-state index in [4.69, 9.17) is 0 Å². The summed E-state index contributed by atoms with van der Waals surface area (Å²) >= 11 is 1.28. The van der Waals surface area contributed by atoms with Crippen LogP contribution in [0.1, 0.15) is 25.6 Å². The molecule has 0 aromatic carbocycles. The van der Waals surface area contributed by atoms with Gasteiger partial charge in [-0.25, -0.2) is 4.98 Å². The van der Waals surface area contributed by atoms with Gasteiger partial charge in [-0.1, -0.05) is 0 Å². The van der Waals surface area contributed by atoms with Gasteiger partial charge in [0, 0.05) is 17.6 Å². The van der Waals surface area contributed by atoms with Crippen molar-refractivity contribution in [2.45, 2.75) is 38.8 Å². The van der Waals surface area contributed by atoms with Crippen molar-refractivity contribution >= 4 is 22.6 Å². The highest BCUT2D eigenvalue weighted by Crippen LogP contribution is 2.19. The van der Waals surface area contributed by atoms with Crippen molar-refractivity contribution in [1.82, 2.24) is 14.7 Å². The molecule has 1 atom stereocenters. The van der Waals surface area contributed by atoms with E-state index in [2.05, 4.69) is 20.0 Å². The van der Waals surface area contributed by atoms with Crippen molar-refractivity contribution in [2.24, 2.45) is 0 Å². The molecule has 1 aromatic rings. The lowest BCUT2D eigenvalue weighted by Crippen LogP contribution is -2.38. The van der Waals surface area contributed by atoms with Crippen molar-refractivity contribution in [1.29, 1.82) is 0 Å². The van der Waals surface area contributed by atoms with Gasteiger partial charge >= 0.3 is 0 Å². The first-order valence-corrected chi connectivity index (χ1v) is 5.79. The molecule has 15 heavy (non-hydrogen) atoms. The molecule has 1 unspecified atom stereocenters. The Hall–Kier alpha value is -1.17. The molecular weight excluding hydrogens is 212 g/mol. The number of aromatic nitrogens is 2. The highest BCUT2D eigenvalue weighted by molar-refractivity contribution is 7.09. The van der Waals surface area contributed by atoms with Crippen LogP contribution in [0.3, 0.4) is 0 Å². The predicted octanol–water partition coefficient (Wildman–Crippen LogP) is 0.926. The minimum atomic E-state index is -0.252. The average molecular weight is 226 g/mol. The fourth-order valence-corrected chi connectivity index (χ4v) is 1.82. The minimum absolute atomic E-state index is 0.0327. The maximum absolute atomic E-state index is 11.6. The van der Waals surface area contributed by atoms with Crippen molar-refractivity contribution in [3.8, 4) is 0 Å². The molecule has 2 rings (SSSR count). The summed E-state index contributed by atoms with van der Waals surface area (Å²) in [6.45, 7) is 3.66. The van der Waals surface area contributed by atoms with Crippen LogP contribution in [0.5, 0.6) is 0 Å². The molecule has 1 heterocycles. The second-order valence-electron chi connectivity index (χ2n) is 3.80. The van der Waals surface area contributed by atoms with Crippen LogP contribution in [-0.4, -0.2) is 27.3 Å². The summed E-state index contributed by atoms with van der Waals surface area (Å²) in [5, 5.41) is 6.66. The number of amides is 1. The van der Waals surface area contributed by atoms with Crippen molar-refractivity contribution in [3.05, 3.63) is 5.82 Å². The topological polar surface area (TPSA) is 66.9 Å². The summed E-state index contributed by atoms with van der Waals surface area (Å²) < 4.78 is 4.04. The molecule has 1 aliphatic rings.